The topological polar surface area (TPSA) is 116 Å². The monoisotopic (exact) mass is 490 g/mol. The van der Waals surface area contributed by atoms with Gasteiger partial charge in [-0.05, 0) is 17.5 Å². The summed E-state index contributed by atoms with van der Waals surface area (Å²) in [7, 11) is -3.58. The molecule has 0 unspecified atom stereocenters. The van der Waals surface area contributed by atoms with Crippen molar-refractivity contribution in [3.8, 4) is 5.75 Å². The number of nitrogens with zero attached hydrogens (tertiary/aromatic N) is 3. The average molecular weight is 491 g/mol. The Hall–Kier alpha value is -2.96. The minimum atomic E-state index is -3.58. The molecule has 1 aromatic carbocycles. The van der Waals surface area contributed by atoms with E-state index in [9.17, 15) is 22.8 Å². The van der Waals surface area contributed by atoms with Crippen LogP contribution in [-0.2, 0) is 25.2 Å². The molecule has 5 rings (SSSR count). The summed E-state index contributed by atoms with van der Waals surface area (Å²) in [6.45, 7) is 0.559. The number of benzene rings is 1. The molecule has 33 heavy (non-hydrogen) atoms. The van der Waals surface area contributed by atoms with Gasteiger partial charge in [0.25, 0.3) is 15.9 Å². The minimum Gasteiger partial charge on any atom is -0.493 e. The highest BCUT2D eigenvalue weighted by molar-refractivity contribution is 7.91. The molecule has 174 valence electrons. The standard InChI is InChI=1S/C21H22N4O6S2/c26-17(23-8-10-24(11-9-23)33(29,30)18-6-3-13-32-18)14-25-19(27)21(22-20(25)28)7-12-31-16-5-2-1-4-15(16)21/h1-6,13H,7-12,14H2,(H,22,28)/t21-/m0/s1. The summed E-state index contributed by atoms with van der Waals surface area (Å²) in [6, 6.07) is 9.66. The summed E-state index contributed by atoms with van der Waals surface area (Å²) in [5.41, 5.74) is -0.656. The zero-order valence-electron chi connectivity index (χ0n) is 17.6. The number of para-hydroxylation sites is 1. The zero-order valence-corrected chi connectivity index (χ0v) is 19.2. The Bertz CT molecular complexity index is 1210. The van der Waals surface area contributed by atoms with Gasteiger partial charge in [-0.2, -0.15) is 4.31 Å². The predicted octanol–water partition coefficient (Wildman–Crippen LogP) is 0.811. The van der Waals surface area contributed by atoms with Gasteiger partial charge in [0, 0.05) is 38.2 Å². The van der Waals surface area contributed by atoms with E-state index in [-0.39, 0.29) is 43.4 Å². The van der Waals surface area contributed by atoms with Crippen LogP contribution in [0, 0.1) is 0 Å². The number of hydrogen-bond acceptors (Lipinski definition) is 7. The molecule has 0 bridgehead atoms. The fourth-order valence-electron chi connectivity index (χ4n) is 4.47. The highest BCUT2D eigenvalue weighted by atomic mass is 32.2. The van der Waals surface area contributed by atoms with Gasteiger partial charge in [-0.3, -0.25) is 14.5 Å². The quantitative estimate of drug-likeness (QED) is 0.634. The molecule has 12 heteroatoms. The highest BCUT2D eigenvalue weighted by Gasteiger charge is 2.55. The maximum Gasteiger partial charge on any atom is 0.325 e. The van der Waals surface area contributed by atoms with Gasteiger partial charge in [-0.15, -0.1) is 11.3 Å². The van der Waals surface area contributed by atoms with Crippen LogP contribution >= 0.6 is 11.3 Å². The number of amides is 4. The third-order valence-electron chi connectivity index (χ3n) is 6.23. The first-order valence-corrected chi connectivity index (χ1v) is 12.8. The number of rotatable bonds is 4. The van der Waals surface area contributed by atoms with Gasteiger partial charge in [0.1, 0.15) is 16.5 Å². The molecule has 4 heterocycles. The second-order valence-electron chi connectivity index (χ2n) is 8.04. The summed E-state index contributed by atoms with van der Waals surface area (Å²) in [5.74, 6) is -0.340. The SMILES string of the molecule is O=C(CN1C(=O)N[C@]2(CCOc3ccccc32)C1=O)N1CCN(S(=O)(=O)c2cccs2)CC1. The summed E-state index contributed by atoms with van der Waals surface area (Å²) < 4.78 is 32.6. The lowest BCUT2D eigenvalue weighted by atomic mass is 9.84. The van der Waals surface area contributed by atoms with E-state index in [1.807, 2.05) is 0 Å². The van der Waals surface area contributed by atoms with Crippen molar-refractivity contribution in [2.24, 2.45) is 0 Å². The number of ether oxygens (including phenoxy) is 1. The number of nitrogens with one attached hydrogen (secondary N) is 1. The van der Waals surface area contributed by atoms with Crippen LogP contribution in [0.2, 0.25) is 0 Å². The number of thiophene rings is 1. The largest absolute Gasteiger partial charge is 0.493 e. The number of carbonyl (C=O) groups excluding carboxylic acids is 3. The second-order valence-corrected chi connectivity index (χ2v) is 11.2. The molecule has 2 aromatic rings. The smallest absolute Gasteiger partial charge is 0.325 e. The van der Waals surface area contributed by atoms with E-state index >= 15 is 0 Å². The first-order chi connectivity index (χ1) is 15.8. The van der Waals surface area contributed by atoms with E-state index in [2.05, 4.69) is 5.32 Å². The molecular formula is C21H22N4O6S2. The summed E-state index contributed by atoms with van der Waals surface area (Å²) in [6.07, 6.45) is 0.276. The van der Waals surface area contributed by atoms with Gasteiger partial charge in [-0.1, -0.05) is 24.3 Å². The summed E-state index contributed by atoms with van der Waals surface area (Å²) >= 11 is 1.15. The zero-order chi connectivity index (χ0) is 23.2. The molecule has 1 atom stereocenters. The Labute approximate surface area is 194 Å². The fraction of sp³-hybridized carbons (Fsp3) is 0.381. The van der Waals surface area contributed by atoms with Crippen LogP contribution < -0.4 is 10.1 Å². The first-order valence-electron chi connectivity index (χ1n) is 10.5. The molecule has 0 aliphatic carbocycles. The number of hydrogen-bond donors (Lipinski definition) is 1. The molecule has 2 saturated heterocycles. The Morgan fingerprint density at radius 1 is 1.09 bits per heavy atom. The van der Waals surface area contributed by atoms with Crippen LogP contribution in [0.3, 0.4) is 0 Å². The van der Waals surface area contributed by atoms with Gasteiger partial charge < -0.3 is 15.0 Å². The van der Waals surface area contributed by atoms with Crippen molar-refractivity contribution in [2.75, 3.05) is 39.3 Å². The molecule has 1 N–H and O–H groups in total. The van der Waals surface area contributed by atoms with Crippen LogP contribution in [0.4, 0.5) is 4.79 Å². The molecule has 0 radical (unpaired) electrons. The van der Waals surface area contributed by atoms with E-state index in [1.54, 1.807) is 41.8 Å². The van der Waals surface area contributed by atoms with Crippen molar-refractivity contribution in [2.45, 2.75) is 16.2 Å². The summed E-state index contributed by atoms with van der Waals surface area (Å²) in [5, 5.41) is 4.48. The van der Waals surface area contributed by atoms with Crippen LogP contribution in [0.15, 0.2) is 46.0 Å². The van der Waals surface area contributed by atoms with Crippen LogP contribution in [0.1, 0.15) is 12.0 Å². The van der Waals surface area contributed by atoms with E-state index in [1.165, 1.54) is 9.21 Å². The van der Waals surface area contributed by atoms with Crippen LogP contribution in [0.25, 0.3) is 0 Å². The lowest BCUT2D eigenvalue weighted by Gasteiger charge is -2.34. The fourth-order valence-corrected chi connectivity index (χ4v) is 7.03. The van der Waals surface area contributed by atoms with Crippen LogP contribution in [0.5, 0.6) is 5.75 Å². The minimum absolute atomic E-state index is 0.154. The Balaban J connectivity index is 1.26. The molecule has 1 spiro atoms. The maximum atomic E-state index is 13.3. The number of imide groups is 1. The third kappa shape index (κ3) is 3.58. The van der Waals surface area contributed by atoms with Gasteiger partial charge in [0.15, 0.2) is 5.54 Å². The number of piperazine rings is 1. The molecule has 4 amide bonds. The van der Waals surface area contributed by atoms with Gasteiger partial charge >= 0.3 is 6.03 Å². The first kappa shape index (κ1) is 21.9. The number of sulfonamides is 1. The molecule has 0 saturated carbocycles. The van der Waals surface area contributed by atoms with E-state index < -0.39 is 40.0 Å². The lowest BCUT2D eigenvalue weighted by molar-refractivity contribution is -0.140. The molecule has 10 nitrogen and oxygen atoms in total. The van der Waals surface area contributed by atoms with Gasteiger partial charge in [0.2, 0.25) is 5.91 Å². The van der Waals surface area contributed by atoms with Gasteiger partial charge in [-0.25, -0.2) is 13.2 Å². The molecule has 3 aliphatic rings. The second kappa shape index (κ2) is 8.12. The Kier molecular flexibility index (Phi) is 5.38. The predicted molar refractivity (Wildman–Crippen MR) is 118 cm³/mol. The Morgan fingerprint density at radius 3 is 2.58 bits per heavy atom. The molecule has 1 aromatic heterocycles. The molecular weight excluding hydrogens is 468 g/mol. The van der Waals surface area contributed by atoms with Crippen molar-refractivity contribution in [1.29, 1.82) is 0 Å². The van der Waals surface area contributed by atoms with Crippen molar-refractivity contribution in [3.63, 3.8) is 0 Å². The Morgan fingerprint density at radius 2 is 1.85 bits per heavy atom. The molecule has 2 fully saturated rings. The van der Waals surface area contributed by atoms with Gasteiger partial charge in [0.05, 0.1) is 6.61 Å². The maximum absolute atomic E-state index is 13.3. The highest BCUT2D eigenvalue weighted by Crippen LogP contribution is 2.40. The van der Waals surface area contributed by atoms with E-state index in [4.69, 9.17) is 4.74 Å². The van der Waals surface area contributed by atoms with Crippen molar-refractivity contribution >= 4 is 39.2 Å². The average Bonchev–Trinajstić information content (AvgIpc) is 3.44. The molecule has 3 aliphatic heterocycles. The van der Waals surface area contributed by atoms with Crippen molar-refractivity contribution in [1.82, 2.24) is 19.4 Å². The third-order valence-corrected chi connectivity index (χ3v) is 9.50. The number of urea groups is 1. The van der Waals surface area contributed by atoms with Crippen LogP contribution in [-0.4, -0.2) is 79.7 Å². The number of carbonyl (C=O) groups is 3. The lowest BCUT2D eigenvalue weighted by Crippen LogP contribution is -2.53. The van der Waals surface area contributed by atoms with E-state index in [0.29, 0.717) is 11.3 Å². The number of fused-ring (bicyclic) bond motifs is 2. The summed E-state index contributed by atoms with van der Waals surface area (Å²) in [4.78, 5) is 41.4. The van der Waals surface area contributed by atoms with Crippen molar-refractivity contribution in [3.05, 3.63) is 47.3 Å². The normalized spacial score (nSPS) is 23.4. The van der Waals surface area contributed by atoms with E-state index in [0.717, 1.165) is 16.2 Å². The van der Waals surface area contributed by atoms with Crippen molar-refractivity contribution < 1.29 is 27.5 Å².